The predicted molar refractivity (Wildman–Crippen MR) is 98.0 cm³/mol. The van der Waals surface area contributed by atoms with Crippen molar-refractivity contribution in [3.8, 4) is 17.3 Å². The Morgan fingerprint density at radius 3 is 2.73 bits per heavy atom. The molecule has 0 aliphatic heterocycles. The molecule has 1 aromatic carbocycles. The van der Waals surface area contributed by atoms with Crippen molar-refractivity contribution in [2.45, 2.75) is 13.5 Å². The van der Waals surface area contributed by atoms with Gasteiger partial charge in [0.15, 0.2) is 5.65 Å². The van der Waals surface area contributed by atoms with E-state index in [-0.39, 0.29) is 0 Å². The summed E-state index contributed by atoms with van der Waals surface area (Å²) in [5, 5.41) is 14.4. The number of nitrogens with two attached hydrogens (primary N) is 1. The molecule has 0 saturated heterocycles. The van der Waals surface area contributed by atoms with Gasteiger partial charge in [-0.1, -0.05) is 12.1 Å². The molecular formula is C19H15N7. The number of pyridine rings is 1. The van der Waals surface area contributed by atoms with E-state index >= 15 is 0 Å². The monoisotopic (exact) mass is 341 g/mol. The Hall–Kier alpha value is -3.79. The maximum absolute atomic E-state index is 9.09. The first kappa shape index (κ1) is 15.7. The van der Waals surface area contributed by atoms with E-state index in [1.807, 2.05) is 41.9 Å². The van der Waals surface area contributed by atoms with E-state index in [1.54, 1.807) is 18.5 Å². The topological polar surface area (TPSA) is 106 Å². The van der Waals surface area contributed by atoms with Crippen molar-refractivity contribution in [2.75, 3.05) is 5.73 Å². The van der Waals surface area contributed by atoms with Crippen molar-refractivity contribution in [3.05, 3.63) is 65.9 Å². The van der Waals surface area contributed by atoms with Crippen LogP contribution in [0.3, 0.4) is 0 Å². The number of anilines is 1. The first-order valence-corrected chi connectivity index (χ1v) is 8.05. The summed E-state index contributed by atoms with van der Waals surface area (Å²) in [4.78, 5) is 13.1. The Morgan fingerprint density at radius 1 is 1.15 bits per heavy atom. The molecule has 2 N–H and O–H groups in total. The lowest BCUT2D eigenvalue weighted by Crippen LogP contribution is -2.04. The molecule has 3 aromatic heterocycles. The third-order valence-corrected chi connectivity index (χ3v) is 4.07. The van der Waals surface area contributed by atoms with Crippen LogP contribution in [0.2, 0.25) is 0 Å². The molecule has 0 radical (unpaired) electrons. The molecule has 0 fully saturated rings. The van der Waals surface area contributed by atoms with Crippen LogP contribution in [-0.2, 0) is 6.54 Å². The highest BCUT2D eigenvalue weighted by atomic mass is 15.3. The van der Waals surface area contributed by atoms with Gasteiger partial charge in [-0.15, -0.1) is 0 Å². The molecule has 0 aliphatic rings. The van der Waals surface area contributed by atoms with Crippen molar-refractivity contribution < 1.29 is 0 Å². The summed E-state index contributed by atoms with van der Waals surface area (Å²) in [5.74, 6) is 0.641. The second-order valence-corrected chi connectivity index (χ2v) is 5.94. The number of aryl methyl sites for hydroxylation is 1. The number of hydrogen-bond acceptors (Lipinski definition) is 6. The standard InChI is InChI=1S/C19H15N7/c1-12-24-18(14-6-7-22-16(8-14)9-20)17-10-23-26(19(17)25-12)11-13-2-4-15(21)5-3-13/h2-8,10H,11,21H2,1H3. The minimum Gasteiger partial charge on any atom is -0.399 e. The van der Waals surface area contributed by atoms with Gasteiger partial charge in [-0.25, -0.2) is 19.6 Å². The van der Waals surface area contributed by atoms with Gasteiger partial charge >= 0.3 is 0 Å². The van der Waals surface area contributed by atoms with Gasteiger partial charge in [0.25, 0.3) is 0 Å². The summed E-state index contributed by atoms with van der Waals surface area (Å²) < 4.78 is 1.84. The SMILES string of the molecule is Cc1nc(-c2ccnc(C#N)c2)c2cnn(Cc3ccc(N)cc3)c2n1. The lowest BCUT2D eigenvalue weighted by atomic mass is 10.1. The van der Waals surface area contributed by atoms with Crippen molar-refractivity contribution in [1.82, 2.24) is 24.7 Å². The van der Waals surface area contributed by atoms with E-state index < -0.39 is 0 Å². The Morgan fingerprint density at radius 2 is 1.96 bits per heavy atom. The quantitative estimate of drug-likeness (QED) is 0.574. The Balaban J connectivity index is 1.82. The normalized spacial score (nSPS) is 10.8. The van der Waals surface area contributed by atoms with E-state index in [0.29, 0.717) is 18.1 Å². The van der Waals surface area contributed by atoms with Gasteiger partial charge in [-0.3, -0.25) is 0 Å². The maximum atomic E-state index is 9.09. The van der Waals surface area contributed by atoms with Crippen LogP contribution in [0.5, 0.6) is 0 Å². The van der Waals surface area contributed by atoms with Crippen molar-refractivity contribution in [1.29, 1.82) is 5.26 Å². The molecule has 0 amide bonds. The van der Waals surface area contributed by atoms with Crippen molar-refractivity contribution in [2.24, 2.45) is 0 Å². The van der Waals surface area contributed by atoms with Gasteiger partial charge in [0, 0.05) is 17.4 Å². The molecule has 126 valence electrons. The van der Waals surface area contributed by atoms with E-state index in [2.05, 4.69) is 26.1 Å². The molecule has 3 heterocycles. The largest absolute Gasteiger partial charge is 0.399 e. The molecule has 0 spiro atoms. The zero-order chi connectivity index (χ0) is 18.1. The Labute approximate surface area is 149 Å². The predicted octanol–water partition coefficient (Wildman–Crippen LogP) is 2.70. The average molecular weight is 341 g/mol. The number of nitrogen functional groups attached to an aromatic ring is 1. The number of benzene rings is 1. The van der Waals surface area contributed by atoms with Crippen LogP contribution >= 0.6 is 0 Å². The van der Waals surface area contributed by atoms with Gasteiger partial charge in [0.2, 0.25) is 0 Å². The molecule has 0 aliphatic carbocycles. The molecule has 0 atom stereocenters. The molecule has 0 unspecified atom stereocenters. The van der Waals surface area contributed by atoms with Crippen LogP contribution in [0.15, 0.2) is 48.8 Å². The van der Waals surface area contributed by atoms with Crippen LogP contribution < -0.4 is 5.73 Å². The fourth-order valence-corrected chi connectivity index (χ4v) is 2.83. The summed E-state index contributed by atoms with van der Waals surface area (Å²) >= 11 is 0. The van der Waals surface area contributed by atoms with Gasteiger partial charge in [0.05, 0.1) is 23.8 Å². The summed E-state index contributed by atoms with van der Waals surface area (Å²) in [6.07, 6.45) is 3.36. The summed E-state index contributed by atoms with van der Waals surface area (Å²) in [7, 11) is 0. The van der Waals surface area contributed by atoms with E-state index in [0.717, 1.165) is 33.5 Å². The van der Waals surface area contributed by atoms with Gasteiger partial charge in [-0.2, -0.15) is 10.4 Å². The Kier molecular flexibility index (Phi) is 3.78. The van der Waals surface area contributed by atoms with E-state index in [4.69, 9.17) is 11.0 Å². The van der Waals surface area contributed by atoms with E-state index in [9.17, 15) is 0 Å². The second kappa shape index (κ2) is 6.26. The van der Waals surface area contributed by atoms with E-state index in [1.165, 1.54) is 0 Å². The first-order chi connectivity index (χ1) is 12.6. The van der Waals surface area contributed by atoms with Crippen LogP contribution in [-0.4, -0.2) is 24.7 Å². The molecule has 4 aromatic rings. The molecule has 0 bridgehead atoms. The number of hydrogen-bond donors (Lipinski definition) is 1. The number of rotatable bonds is 3. The van der Waals surface area contributed by atoms with Crippen LogP contribution in [0.1, 0.15) is 17.1 Å². The third-order valence-electron chi connectivity index (χ3n) is 4.07. The lowest BCUT2D eigenvalue weighted by Gasteiger charge is -2.07. The minimum absolute atomic E-state index is 0.348. The Bertz CT molecular complexity index is 1140. The summed E-state index contributed by atoms with van der Waals surface area (Å²) in [6.45, 7) is 2.43. The number of nitrogens with zero attached hydrogens (tertiary/aromatic N) is 6. The maximum Gasteiger partial charge on any atom is 0.162 e. The molecule has 7 nitrogen and oxygen atoms in total. The van der Waals surface area contributed by atoms with Crippen LogP contribution in [0, 0.1) is 18.3 Å². The fourth-order valence-electron chi connectivity index (χ4n) is 2.83. The highest BCUT2D eigenvalue weighted by molar-refractivity contribution is 5.90. The zero-order valence-corrected chi connectivity index (χ0v) is 14.1. The van der Waals surface area contributed by atoms with Crippen molar-refractivity contribution in [3.63, 3.8) is 0 Å². The highest BCUT2D eigenvalue weighted by Gasteiger charge is 2.14. The molecular weight excluding hydrogens is 326 g/mol. The summed E-state index contributed by atoms with van der Waals surface area (Å²) in [5.41, 5.74) is 10.2. The summed E-state index contributed by atoms with van der Waals surface area (Å²) in [6, 6.07) is 13.3. The van der Waals surface area contributed by atoms with Gasteiger partial charge in [-0.05, 0) is 36.8 Å². The van der Waals surface area contributed by atoms with Gasteiger partial charge in [0.1, 0.15) is 17.6 Å². The molecule has 7 heteroatoms. The fraction of sp³-hybridized carbons (Fsp3) is 0.105. The number of aromatic nitrogens is 5. The second-order valence-electron chi connectivity index (χ2n) is 5.94. The molecule has 26 heavy (non-hydrogen) atoms. The van der Waals surface area contributed by atoms with Crippen LogP contribution in [0.4, 0.5) is 5.69 Å². The zero-order valence-electron chi connectivity index (χ0n) is 14.1. The smallest absolute Gasteiger partial charge is 0.162 e. The molecule has 4 rings (SSSR count). The number of nitriles is 1. The van der Waals surface area contributed by atoms with Crippen LogP contribution in [0.25, 0.3) is 22.3 Å². The first-order valence-electron chi connectivity index (χ1n) is 8.05. The minimum atomic E-state index is 0.348. The third kappa shape index (κ3) is 2.84. The van der Waals surface area contributed by atoms with Crippen molar-refractivity contribution >= 4 is 16.7 Å². The van der Waals surface area contributed by atoms with Gasteiger partial charge < -0.3 is 5.73 Å². The number of fused-ring (bicyclic) bond motifs is 1. The molecule has 0 saturated carbocycles. The highest BCUT2D eigenvalue weighted by Crippen LogP contribution is 2.26. The average Bonchev–Trinajstić information content (AvgIpc) is 3.05. The lowest BCUT2D eigenvalue weighted by molar-refractivity contribution is 0.702.